The van der Waals surface area contributed by atoms with E-state index in [0.29, 0.717) is 19.5 Å². The Morgan fingerprint density at radius 1 is 1.14 bits per heavy atom. The van der Waals surface area contributed by atoms with Gasteiger partial charge in [-0.15, -0.1) is 5.11 Å². The first-order valence-corrected chi connectivity index (χ1v) is 12.5. The number of sulfone groups is 1. The lowest BCUT2D eigenvalue weighted by Gasteiger charge is -2.35. The maximum absolute atomic E-state index is 12.5. The highest BCUT2D eigenvalue weighted by atomic mass is 32.2. The smallest absolute Gasteiger partial charge is 0.271 e. The van der Waals surface area contributed by atoms with E-state index in [1.54, 1.807) is 0 Å². The molecule has 1 aliphatic rings. The van der Waals surface area contributed by atoms with Crippen molar-refractivity contribution in [2.75, 3.05) is 19.3 Å². The molecule has 0 saturated carbocycles. The van der Waals surface area contributed by atoms with Crippen molar-refractivity contribution in [2.45, 2.75) is 24.8 Å². The molecule has 3 rings (SSSR count). The van der Waals surface area contributed by atoms with Gasteiger partial charge in [-0.05, 0) is 43.6 Å². The van der Waals surface area contributed by atoms with Crippen LogP contribution in [0.15, 0.2) is 33.3 Å². The molecule has 0 bridgehead atoms. The van der Waals surface area contributed by atoms with Gasteiger partial charge in [0.05, 0.1) is 10.4 Å². The van der Waals surface area contributed by atoms with Crippen LogP contribution in [0.25, 0.3) is 10.9 Å². The zero-order chi connectivity index (χ0) is 21.6. The second-order valence-corrected chi connectivity index (χ2v) is 10.6. The van der Waals surface area contributed by atoms with Crippen LogP contribution in [0.4, 0.5) is 5.00 Å². The molecule has 1 aromatic carbocycles. The van der Waals surface area contributed by atoms with E-state index < -0.39 is 37.9 Å². The lowest BCUT2D eigenvalue weighted by atomic mass is 10.2. The zero-order valence-corrected chi connectivity index (χ0v) is 18.1. The number of amides is 2. The van der Waals surface area contributed by atoms with E-state index in [9.17, 15) is 26.4 Å². The molecule has 0 aliphatic carbocycles. The van der Waals surface area contributed by atoms with Crippen LogP contribution >= 0.6 is 11.5 Å². The van der Waals surface area contributed by atoms with Gasteiger partial charge in [0.2, 0.25) is 6.04 Å². The molecule has 1 saturated heterocycles. The van der Waals surface area contributed by atoms with E-state index >= 15 is 0 Å². The number of fused-ring (bicyclic) bond motifs is 1. The Kier molecular flexibility index (Phi) is 5.44. The minimum atomic E-state index is -4.24. The molecule has 0 unspecified atom stereocenters. The summed E-state index contributed by atoms with van der Waals surface area (Å²) in [6, 6.07) is 2.67. The highest BCUT2D eigenvalue weighted by molar-refractivity contribution is 7.90. The summed E-state index contributed by atoms with van der Waals surface area (Å²) in [4.78, 5) is 25.1. The number of aromatic nitrogens is 1. The third kappa shape index (κ3) is 3.62. The lowest BCUT2D eigenvalue weighted by Crippen LogP contribution is -2.61. The molecule has 156 valence electrons. The van der Waals surface area contributed by atoms with Crippen LogP contribution < -0.4 is 0 Å². The van der Waals surface area contributed by atoms with Crippen LogP contribution in [-0.4, -0.2) is 67.0 Å². The van der Waals surface area contributed by atoms with Gasteiger partial charge in [-0.25, -0.2) is 17.0 Å². The number of carbonyl (C=O) groups excluding carboxylic acids is 2. The monoisotopic (exact) mass is 459 g/mol. The van der Waals surface area contributed by atoms with Gasteiger partial charge in [-0.1, -0.05) is 0 Å². The van der Waals surface area contributed by atoms with Crippen molar-refractivity contribution >= 4 is 59.3 Å². The molecule has 14 heteroatoms. The maximum Gasteiger partial charge on any atom is 0.330 e. The Labute approximate surface area is 171 Å². The van der Waals surface area contributed by atoms with E-state index in [4.69, 9.17) is 0 Å². The number of benzene rings is 1. The van der Waals surface area contributed by atoms with E-state index in [1.807, 2.05) is 0 Å². The number of likely N-dealkylation sites (N-methyl/N-ethyl adjacent to an activating group) is 2. The molecule has 2 aromatic rings. The topological polar surface area (TPSA) is 147 Å². The van der Waals surface area contributed by atoms with Crippen LogP contribution in [0.5, 0.6) is 0 Å². The highest BCUT2D eigenvalue weighted by Gasteiger charge is 2.49. The second-order valence-electron chi connectivity index (χ2n) is 6.07. The molecule has 2 amide bonds. The quantitative estimate of drug-likeness (QED) is 0.480. The first-order chi connectivity index (χ1) is 13.5. The largest absolute Gasteiger partial charge is 0.330 e. The van der Waals surface area contributed by atoms with Gasteiger partial charge in [0.15, 0.2) is 14.8 Å². The fraction of sp³-hybridized carbons (Fsp3) is 0.400. The standard InChI is InChI=1S/C15H17N5O6S3/c1-4-19-14(21)12(15(22)20(5-2)29(19,25)26)16-17-13-10-8-9(28(3,23)24)6-7-11(10)18-27-13/h6-8,12H,4-5H2,1-3H3. The lowest BCUT2D eigenvalue weighted by molar-refractivity contribution is -0.140. The van der Waals surface area contributed by atoms with Crippen LogP contribution in [0.3, 0.4) is 0 Å². The van der Waals surface area contributed by atoms with Crippen molar-refractivity contribution in [3.05, 3.63) is 18.2 Å². The molecule has 29 heavy (non-hydrogen) atoms. The maximum atomic E-state index is 12.5. The number of carbonyl (C=O) groups is 2. The van der Waals surface area contributed by atoms with Crippen molar-refractivity contribution in [1.29, 1.82) is 0 Å². The number of rotatable bonds is 5. The summed E-state index contributed by atoms with van der Waals surface area (Å²) in [6.45, 7) is 2.63. The number of hydrogen-bond donors (Lipinski definition) is 0. The molecule has 11 nitrogen and oxygen atoms in total. The van der Waals surface area contributed by atoms with Crippen molar-refractivity contribution in [2.24, 2.45) is 10.2 Å². The van der Waals surface area contributed by atoms with Crippen LogP contribution in [-0.2, 0) is 29.6 Å². The fourth-order valence-corrected chi connectivity index (χ4v) is 5.66. The summed E-state index contributed by atoms with van der Waals surface area (Å²) in [7, 11) is -7.69. The number of azo groups is 1. The van der Waals surface area contributed by atoms with Gasteiger partial charge >= 0.3 is 10.2 Å². The zero-order valence-electron chi connectivity index (χ0n) is 15.6. The molecule has 0 radical (unpaired) electrons. The summed E-state index contributed by atoms with van der Waals surface area (Å²) < 4.78 is 53.5. The molecule has 0 spiro atoms. The average molecular weight is 460 g/mol. The van der Waals surface area contributed by atoms with Gasteiger partial charge < -0.3 is 0 Å². The minimum absolute atomic E-state index is 0.0619. The summed E-state index contributed by atoms with van der Waals surface area (Å²) >= 11 is 0.913. The highest BCUT2D eigenvalue weighted by Crippen LogP contribution is 2.33. The molecule has 0 atom stereocenters. The van der Waals surface area contributed by atoms with E-state index in [1.165, 1.54) is 32.0 Å². The van der Waals surface area contributed by atoms with Crippen LogP contribution in [0.2, 0.25) is 0 Å². The SMILES string of the molecule is CCN1C(=O)C(N=Nc2snc3ccc(S(C)(=O)=O)cc23)C(=O)N(CC)S1(=O)=O. The third-order valence-corrected chi connectivity index (χ3v) is 8.07. The van der Waals surface area contributed by atoms with E-state index in [-0.39, 0.29) is 23.0 Å². The average Bonchev–Trinajstić information content (AvgIpc) is 3.03. The molecular formula is C15H17N5O6S3. The Hall–Kier alpha value is -2.45. The fourth-order valence-electron chi connectivity index (χ4n) is 2.78. The molecule has 1 aliphatic heterocycles. The van der Waals surface area contributed by atoms with Crippen LogP contribution in [0.1, 0.15) is 13.8 Å². The van der Waals surface area contributed by atoms with E-state index in [2.05, 4.69) is 14.6 Å². The molecular weight excluding hydrogens is 442 g/mol. The Balaban J connectivity index is 2.03. The van der Waals surface area contributed by atoms with Gasteiger partial charge in [0.25, 0.3) is 11.8 Å². The summed E-state index contributed by atoms with van der Waals surface area (Å²) in [5.74, 6) is -1.98. The van der Waals surface area contributed by atoms with Crippen molar-refractivity contribution < 1.29 is 26.4 Å². The van der Waals surface area contributed by atoms with Crippen molar-refractivity contribution in [1.82, 2.24) is 13.0 Å². The Bertz CT molecular complexity index is 1200. The summed E-state index contributed by atoms with van der Waals surface area (Å²) in [5, 5.41) is 8.31. The minimum Gasteiger partial charge on any atom is -0.271 e. The summed E-state index contributed by atoms with van der Waals surface area (Å²) in [5.41, 5.74) is 0.477. The van der Waals surface area contributed by atoms with Gasteiger partial charge in [-0.2, -0.15) is 17.9 Å². The molecule has 1 fully saturated rings. The third-order valence-electron chi connectivity index (χ3n) is 4.21. The van der Waals surface area contributed by atoms with E-state index in [0.717, 1.165) is 17.8 Å². The normalized spacial score (nSPS) is 18.3. The molecule has 1 aromatic heterocycles. The van der Waals surface area contributed by atoms with Gasteiger partial charge in [0, 0.05) is 24.7 Å². The van der Waals surface area contributed by atoms with Crippen molar-refractivity contribution in [3.63, 3.8) is 0 Å². The second kappa shape index (κ2) is 7.42. The first kappa shape index (κ1) is 21.3. The summed E-state index contributed by atoms with van der Waals surface area (Å²) in [6.07, 6.45) is 1.06. The number of hydrogen-bond acceptors (Lipinski definition) is 10. The Morgan fingerprint density at radius 3 is 2.24 bits per heavy atom. The number of nitrogens with zero attached hydrogens (tertiary/aromatic N) is 5. The van der Waals surface area contributed by atoms with Gasteiger partial charge in [-0.3, -0.25) is 9.59 Å². The van der Waals surface area contributed by atoms with Gasteiger partial charge in [0.1, 0.15) is 0 Å². The molecule has 2 heterocycles. The molecule has 0 N–H and O–H groups in total. The predicted molar refractivity (Wildman–Crippen MR) is 105 cm³/mol. The Morgan fingerprint density at radius 2 is 1.72 bits per heavy atom. The first-order valence-electron chi connectivity index (χ1n) is 8.40. The van der Waals surface area contributed by atoms with Crippen LogP contribution in [0, 0.1) is 0 Å². The predicted octanol–water partition coefficient (Wildman–Crippen LogP) is 1.11. The van der Waals surface area contributed by atoms with Crippen molar-refractivity contribution in [3.8, 4) is 0 Å².